The number of aromatic nitrogens is 1. The van der Waals surface area contributed by atoms with Crippen molar-refractivity contribution in [3.8, 4) is 0 Å². The van der Waals surface area contributed by atoms with Crippen LogP contribution in [0, 0.1) is 0 Å². The molecule has 2 rings (SSSR count). The molecule has 0 aliphatic heterocycles. The van der Waals surface area contributed by atoms with Gasteiger partial charge in [-0.05, 0) is 36.2 Å². The van der Waals surface area contributed by atoms with Gasteiger partial charge in [0.2, 0.25) is 5.91 Å². The van der Waals surface area contributed by atoms with E-state index >= 15 is 0 Å². The number of hydrogen-bond donors (Lipinski definition) is 1. The van der Waals surface area contributed by atoms with E-state index in [0.717, 1.165) is 16.5 Å². The first-order chi connectivity index (χ1) is 7.70. The Morgan fingerprint density at radius 3 is 3.12 bits per heavy atom. The topological polar surface area (TPSA) is 42.0 Å². The summed E-state index contributed by atoms with van der Waals surface area (Å²) >= 11 is 7.21. The number of halogens is 1. The van der Waals surface area contributed by atoms with Crippen molar-refractivity contribution < 1.29 is 4.79 Å². The zero-order chi connectivity index (χ0) is 11.5. The minimum atomic E-state index is 0.00431. The molecular weight excluding hydrogens is 244 g/mol. The lowest BCUT2D eigenvalue weighted by Crippen LogP contribution is -2.10. The summed E-state index contributed by atoms with van der Waals surface area (Å²) in [7, 11) is 0. The maximum absolute atomic E-state index is 11.4. The second kappa shape index (κ2) is 4.80. The number of carbonyl (C=O) groups is 1. The van der Waals surface area contributed by atoms with Crippen LogP contribution in [0.1, 0.15) is 19.8 Å². The van der Waals surface area contributed by atoms with Gasteiger partial charge in [0.1, 0.15) is 0 Å². The van der Waals surface area contributed by atoms with Crippen molar-refractivity contribution in [1.82, 2.24) is 4.37 Å². The van der Waals surface area contributed by atoms with E-state index in [9.17, 15) is 4.79 Å². The second-order valence-electron chi connectivity index (χ2n) is 3.47. The number of carbonyl (C=O) groups excluding carboxylic acids is 1. The lowest BCUT2D eigenvalue weighted by molar-refractivity contribution is -0.116. The number of amides is 1. The molecule has 0 bridgehead atoms. The van der Waals surface area contributed by atoms with Crippen LogP contribution >= 0.6 is 23.1 Å². The zero-order valence-corrected chi connectivity index (χ0v) is 10.4. The summed E-state index contributed by atoms with van der Waals surface area (Å²) in [4.78, 5) is 11.4. The fraction of sp³-hybridized carbons (Fsp3) is 0.273. The van der Waals surface area contributed by atoms with E-state index in [2.05, 4.69) is 9.69 Å². The largest absolute Gasteiger partial charge is 0.309 e. The van der Waals surface area contributed by atoms with Crippen molar-refractivity contribution in [2.24, 2.45) is 0 Å². The van der Waals surface area contributed by atoms with Gasteiger partial charge in [0.15, 0.2) is 5.82 Å². The molecule has 1 amide bonds. The molecular formula is C11H11ClN2OS. The molecule has 1 N–H and O–H groups in total. The van der Waals surface area contributed by atoms with Gasteiger partial charge in [-0.2, -0.15) is 4.37 Å². The molecule has 0 atom stereocenters. The molecule has 1 aromatic heterocycles. The van der Waals surface area contributed by atoms with E-state index in [-0.39, 0.29) is 5.91 Å². The van der Waals surface area contributed by atoms with Crippen LogP contribution in [-0.2, 0) is 4.79 Å². The number of anilines is 1. The smallest absolute Gasteiger partial charge is 0.225 e. The Bertz CT molecular complexity index is 524. The van der Waals surface area contributed by atoms with E-state index in [4.69, 9.17) is 11.6 Å². The van der Waals surface area contributed by atoms with Crippen molar-refractivity contribution in [2.45, 2.75) is 19.8 Å². The molecule has 0 aliphatic rings. The minimum absolute atomic E-state index is 0.00431. The number of rotatable bonds is 3. The third kappa shape index (κ3) is 2.33. The monoisotopic (exact) mass is 254 g/mol. The highest BCUT2D eigenvalue weighted by atomic mass is 35.5. The van der Waals surface area contributed by atoms with Crippen molar-refractivity contribution >= 4 is 44.9 Å². The molecule has 2 aromatic rings. The Kier molecular flexibility index (Phi) is 3.41. The van der Waals surface area contributed by atoms with Crippen LogP contribution in [-0.4, -0.2) is 10.3 Å². The first-order valence-electron chi connectivity index (χ1n) is 5.05. The highest BCUT2D eigenvalue weighted by Gasteiger charge is 2.09. The van der Waals surface area contributed by atoms with Gasteiger partial charge in [-0.25, -0.2) is 0 Å². The minimum Gasteiger partial charge on any atom is -0.309 e. The van der Waals surface area contributed by atoms with Crippen molar-refractivity contribution in [1.29, 1.82) is 0 Å². The molecule has 1 heterocycles. The number of benzene rings is 1. The molecule has 16 heavy (non-hydrogen) atoms. The van der Waals surface area contributed by atoms with E-state index in [1.807, 2.05) is 19.1 Å². The second-order valence-corrected chi connectivity index (χ2v) is 4.71. The number of fused-ring (bicyclic) bond motifs is 1. The van der Waals surface area contributed by atoms with Gasteiger partial charge in [-0.1, -0.05) is 18.5 Å². The predicted octanol–water partition coefficient (Wildman–Crippen LogP) is 3.69. The molecule has 5 heteroatoms. The maximum Gasteiger partial charge on any atom is 0.225 e. The van der Waals surface area contributed by atoms with Gasteiger partial charge < -0.3 is 5.32 Å². The third-order valence-electron chi connectivity index (χ3n) is 2.17. The standard InChI is InChI=1S/C11H11ClN2OS/c1-2-3-10(15)13-11-8-5-4-7(12)6-9(8)16-14-11/h4-6H,2-3H2,1H3,(H,13,14,15). The van der Waals surface area contributed by atoms with Crippen LogP contribution in [0.2, 0.25) is 5.02 Å². The average molecular weight is 255 g/mol. The zero-order valence-electron chi connectivity index (χ0n) is 8.79. The van der Waals surface area contributed by atoms with Gasteiger partial charge in [-0.15, -0.1) is 0 Å². The molecule has 0 aliphatic carbocycles. The van der Waals surface area contributed by atoms with Gasteiger partial charge in [0, 0.05) is 16.8 Å². The summed E-state index contributed by atoms with van der Waals surface area (Å²) in [6, 6.07) is 5.53. The highest BCUT2D eigenvalue weighted by Crippen LogP contribution is 2.29. The Hall–Kier alpha value is -1.13. The fourth-order valence-corrected chi connectivity index (χ4v) is 2.44. The van der Waals surface area contributed by atoms with Crippen LogP contribution < -0.4 is 5.32 Å². The SMILES string of the molecule is CCCC(=O)Nc1nsc2cc(Cl)ccc12. The van der Waals surface area contributed by atoms with E-state index in [1.54, 1.807) is 6.07 Å². The molecule has 84 valence electrons. The molecule has 0 radical (unpaired) electrons. The first kappa shape index (κ1) is 11.4. The van der Waals surface area contributed by atoms with Crippen molar-refractivity contribution in [2.75, 3.05) is 5.32 Å². The van der Waals surface area contributed by atoms with Crippen molar-refractivity contribution in [3.63, 3.8) is 0 Å². The predicted molar refractivity (Wildman–Crippen MR) is 68.2 cm³/mol. The number of hydrogen-bond acceptors (Lipinski definition) is 3. The van der Waals surface area contributed by atoms with Crippen LogP contribution in [0.5, 0.6) is 0 Å². The van der Waals surface area contributed by atoms with Crippen LogP contribution in [0.25, 0.3) is 10.1 Å². The van der Waals surface area contributed by atoms with E-state index < -0.39 is 0 Å². The summed E-state index contributed by atoms with van der Waals surface area (Å²) in [5.74, 6) is 0.639. The summed E-state index contributed by atoms with van der Waals surface area (Å²) in [6.07, 6.45) is 1.35. The quantitative estimate of drug-likeness (QED) is 0.908. The van der Waals surface area contributed by atoms with Crippen LogP contribution in [0.4, 0.5) is 5.82 Å². The third-order valence-corrected chi connectivity index (χ3v) is 3.21. The van der Waals surface area contributed by atoms with Crippen LogP contribution in [0.3, 0.4) is 0 Å². The van der Waals surface area contributed by atoms with Gasteiger partial charge in [0.05, 0.1) is 4.70 Å². The normalized spacial score (nSPS) is 10.6. The molecule has 3 nitrogen and oxygen atoms in total. The molecule has 1 aromatic carbocycles. The highest BCUT2D eigenvalue weighted by molar-refractivity contribution is 7.13. The van der Waals surface area contributed by atoms with Gasteiger partial charge in [-0.3, -0.25) is 4.79 Å². The van der Waals surface area contributed by atoms with Crippen LogP contribution in [0.15, 0.2) is 18.2 Å². The Morgan fingerprint density at radius 1 is 1.56 bits per heavy atom. The number of nitrogens with one attached hydrogen (secondary N) is 1. The average Bonchev–Trinajstić information content (AvgIpc) is 2.61. The summed E-state index contributed by atoms with van der Waals surface area (Å²) < 4.78 is 5.20. The first-order valence-corrected chi connectivity index (χ1v) is 6.20. The summed E-state index contributed by atoms with van der Waals surface area (Å²) in [6.45, 7) is 1.97. The summed E-state index contributed by atoms with van der Waals surface area (Å²) in [5, 5.41) is 4.43. The summed E-state index contributed by atoms with van der Waals surface area (Å²) in [5.41, 5.74) is 0. The fourth-order valence-electron chi connectivity index (χ4n) is 1.42. The lowest BCUT2D eigenvalue weighted by atomic mass is 10.2. The Labute approximate surface area is 103 Å². The molecule has 0 unspecified atom stereocenters. The molecule has 0 fully saturated rings. The Balaban J connectivity index is 2.28. The van der Waals surface area contributed by atoms with Gasteiger partial charge in [0.25, 0.3) is 0 Å². The van der Waals surface area contributed by atoms with E-state index in [0.29, 0.717) is 17.3 Å². The van der Waals surface area contributed by atoms with Gasteiger partial charge >= 0.3 is 0 Å². The molecule has 0 saturated carbocycles. The lowest BCUT2D eigenvalue weighted by Gasteiger charge is -2.00. The number of nitrogens with zero attached hydrogens (tertiary/aromatic N) is 1. The molecule has 0 saturated heterocycles. The Morgan fingerprint density at radius 2 is 2.38 bits per heavy atom. The van der Waals surface area contributed by atoms with E-state index in [1.165, 1.54) is 11.5 Å². The molecule has 0 spiro atoms. The van der Waals surface area contributed by atoms with Crippen molar-refractivity contribution in [3.05, 3.63) is 23.2 Å². The maximum atomic E-state index is 11.4.